The molecule has 11 nitrogen and oxygen atoms in total. The number of hydrogen-bond donors (Lipinski definition) is 2. The molecular formula is C60H101O11P. The minimum absolute atomic E-state index is 0.0950. The van der Waals surface area contributed by atoms with Crippen LogP contribution in [0.15, 0.2) is 97.2 Å². The summed E-state index contributed by atoms with van der Waals surface area (Å²) >= 11 is 0. The van der Waals surface area contributed by atoms with E-state index in [0.717, 1.165) is 103 Å². The number of allylic oxidation sites excluding steroid dienone is 16. The molecule has 0 aliphatic heterocycles. The van der Waals surface area contributed by atoms with Gasteiger partial charge in [0.25, 0.3) is 0 Å². The van der Waals surface area contributed by atoms with Crippen molar-refractivity contribution >= 4 is 25.7 Å². The summed E-state index contributed by atoms with van der Waals surface area (Å²) in [6, 6.07) is 0. The topological polar surface area (TPSA) is 155 Å². The van der Waals surface area contributed by atoms with Crippen LogP contribution in [0.5, 0.6) is 0 Å². The second kappa shape index (κ2) is 53.7. The van der Waals surface area contributed by atoms with Crippen molar-refractivity contribution in [1.82, 2.24) is 0 Å². The van der Waals surface area contributed by atoms with Gasteiger partial charge in [-0.1, -0.05) is 214 Å². The molecule has 0 spiro atoms. The van der Waals surface area contributed by atoms with Gasteiger partial charge in [0.1, 0.15) is 12.7 Å². The highest BCUT2D eigenvalue weighted by Gasteiger charge is 2.28. The van der Waals surface area contributed by atoms with Gasteiger partial charge in [0.2, 0.25) is 0 Å². The Morgan fingerprint density at radius 2 is 0.750 bits per heavy atom. The Bertz CT molecular complexity index is 1580. The molecule has 0 bridgehead atoms. The van der Waals surface area contributed by atoms with Crippen molar-refractivity contribution in [2.75, 3.05) is 26.4 Å². The fraction of sp³-hybridized carbons (Fsp3) is 0.683. The van der Waals surface area contributed by atoms with Gasteiger partial charge in [-0.3, -0.25) is 23.4 Å². The number of aliphatic hydroxyl groups excluding tert-OH is 1. The first-order valence-corrected chi connectivity index (χ1v) is 29.6. The predicted octanol–water partition coefficient (Wildman–Crippen LogP) is 16.5. The average Bonchev–Trinajstić information content (AvgIpc) is 3.37. The molecule has 0 aromatic carbocycles. The van der Waals surface area contributed by atoms with Gasteiger partial charge < -0.3 is 24.2 Å². The first-order chi connectivity index (χ1) is 35.2. The maximum absolute atomic E-state index is 12.9. The summed E-state index contributed by atoms with van der Waals surface area (Å²) in [5, 5.41) is 9.78. The van der Waals surface area contributed by atoms with Crippen LogP contribution >= 0.6 is 7.82 Å². The van der Waals surface area contributed by atoms with E-state index < -0.39 is 57.8 Å². The summed E-state index contributed by atoms with van der Waals surface area (Å²) in [5.74, 6) is -1.59. The number of hydrogen-bond acceptors (Lipinski definition) is 10. The fourth-order valence-corrected chi connectivity index (χ4v) is 8.02. The minimum Gasteiger partial charge on any atom is -0.462 e. The van der Waals surface area contributed by atoms with E-state index in [-0.39, 0.29) is 25.9 Å². The van der Waals surface area contributed by atoms with E-state index in [1.54, 1.807) is 0 Å². The largest absolute Gasteiger partial charge is 0.472 e. The van der Waals surface area contributed by atoms with E-state index in [1.165, 1.54) is 64.2 Å². The monoisotopic (exact) mass is 1030 g/mol. The summed E-state index contributed by atoms with van der Waals surface area (Å²) in [6.07, 6.45) is 62.4. The summed E-state index contributed by atoms with van der Waals surface area (Å²) in [4.78, 5) is 48.4. The third-order valence-corrected chi connectivity index (χ3v) is 12.5. The Kier molecular flexibility index (Phi) is 51.0. The molecule has 0 heterocycles. The molecule has 0 aromatic heterocycles. The van der Waals surface area contributed by atoms with Gasteiger partial charge in [0, 0.05) is 19.3 Å². The van der Waals surface area contributed by atoms with Gasteiger partial charge >= 0.3 is 25.7 Å². The molecule has 12 heteroatoms. The normalized spacial score (nSPS) is 14.1. The Morgan fingerprint density at radius 3 is 1.19 bits per heavy atom. The van der Waals surface area contributed by atoms with Crippen LogP contribution in [0.3, 0.4) is 0 Å². The third kappa shape index (κ3) is 51.3. The van der Waals surface area contributed by atoms with Crippen LogP contribution < -0.4 is 0 Å². The number of carbonyl (C=O) groups is 3. The number of aliphatic hydroxyl groups is 1. The number of phosphoric acid groups is 1. The average molecular weight is 1030 g/mol. The molecule has 412 valence electrons. The second-order valence-corrected chi connectivity index (χ2v) is 19.8. The van der Waals surface area contributed by atoms with Crippen LogP contribution in [0.25, 0.3) is 0 Å². The molecule has 0 fully saturated rings. The van der Waals surface area contributed by atoms with Crippen LogP contribution in [0, 0.1) is 0 Å². The van der Waals surface area contributed by atoms with Crippen LogP contribution in [-0.2, 0) is 42.2 Å². The quantitative estimate of drug-likeness (QED) is 0.0197. The lowest BCUT2D eigenvalue weighted by molar-refractivity contribution is -0.161. The van der Waals surface area contributed by atoms with E-state index >= 15 is 0 Å². The van der Waals surface area contributed by atoms with Crippen molar-refractivity contribution in [3.8, 4) is 0 Å². The Balaban J connectivity index is 4.87. The second-order valence-electron chi connectivity index (χ2n) is 18.4. The smallest absolute Gasteiger partial charge is 0.462 e. The Hall–Kier alpha value is -3.60. The van der Waals surface area contributed by atoms with Crippen LogP contribution in [0.1, 0.15) is 226 Å². The molecule has 0 aliphatic carbocycles. The lowest BCUT2D eigenvalue weighted by atomic mass is 10.1. The third-order valence-electron chi connectivity index (χ3n) is 11.5. The lowest BCUT2D eigenvalue weighted by Crippen LogP contribution is -2.30. The van der Waals surface area contributed by atoms with Crippen molar-refractivity contribution in [3.05, 3.63) is 97.2 Å². The first kappa shape index (κ1) is 68.4. The van der Waals surface area contributed by atoms with Crippen molar-refractivity contribution in [1.29, 1.82) is 0 Å². The SMILES string of the molecule is CC/C=C\C/C=C\C/C=C\C/C=C\C/C=C\C/C=C\CCC(=O)OCC(COP(=O)(O)OCC(CO)OC(=O)CCCCCCCCCCCCC)OC(=O)CCCCCCC/C=C\C/C=C\CCCCC. The summed E-state index contributed by atoms with van der Waals surface area (Å²) in [6.45, 7) is 4.39. The molecule has 0 aliphatic rings. The van der Waals surface area contributed by atoms with Crippen LogP contribution in [0.2, 0.25) is 0 Å². The van der Waals surface area contributed by atoms with E-state index in [1.807, 2.05) is 12.2 Å². The van der Waals surface area contributed by atoms with E-state index in [9.17, 15) is 28.9 Å². The van der Waals surface area contributed by atoms with Gasteiger partial charge in [0.05, 0.1) is 19.8 Å². The van der Waals surface area contributed by atoms with E-state index in [2.05, 4.69) is 106 Å². The molecule has 2 N–H and O–H groups in total. The van der Waals surface area contributed by atoms with Crippen molar-refractivity contribution < 1.29 is 52.2 Å². The van der Waals surface area contributed by atoms with Gasteiger partial charge in [-0.05, 0) is 89.9 Å². The standard InChI is InChI=1S/C60H101O11P/c1-4-7-10-13-16-19-22-24-26-27-28-29-31-32-35-37-40-43-46-49-58(62)67-53-57(71-60(64)51-48-45-42-39-36-33-30-25-23-20-17-14-11-8-5-2)55-69-72(65,66)68-54-56(52-61)70-59(63)50-47-44-41-38-34-21-18-15-12-9-6-3/h7,10,16-17,19-20,24-26,28-30,32,35,40,43,56-57,61H,4-6,8-9,11-15,18,21-23,27,31,33-34,36-39,41-42,44-55H2,1-3H3,(H,65,66)/b10-7-,19-16-,20-17-,26-24-,29-28-,30-25-,35-32-,43-40-. The molecule has 3 unspecified atom stereocenters. The molecule has 0 rings (SSSR count). The first-order valence-electron chi connectivity index (χ1n) is 28.1. The minimum atomic E-state index is -4.77. The number of phosphoric ester groups is 1. The lowest BCUT2D eigenvalue weighted by Gasteiger charge is -2.21. The molecule has 3 atom stereocenters. The molecule has 0 aromatic rings. The number of carbonyl (C=O) groups excluding carboxylic acids is 3. The van der Waals surface area contributed by atoms with Gasteiger partial charge in [0.15, 0.2) is 6.10 Å². The molecule has 0 saturated carbocycles. The summed E-state index contributed by atoms with van der Waals surface area (Å²) in [5.41, 5.74) is 0. The summed E-state index contributed by atoms with van der Waals surface area (Å²) in [7, 11) is -4.77. The zero-order chi connectivity index (χ0) is 52.7. The number of unbranched alkanes of at least 4 members (excludes halogenated alkanes) is 18. The summed E-state index contributed by atoms with van der Waals surface area (Å²) < 4.78 is 39.4. The zero-order valence-corrected chi connectivity index (χ0v) is 46.3. The van der Waals surface area contributed by atoms with Gasteiger partial charge in [-0.25, -0.2) is 4.57 Å². The van der Waals surface area contributed by atoms with Crippen molar-refractivity contribution in [2.45, 2.75) is 238 Å². The van der Waals surface area contributed by atoms with E-state index in [0.29, 0.717) is 19.3 Å². The Labute approximate surface area is 438 Å². The maximum Gasteiger partial charge on any atom is 0.472 e. The molecule has 0 amide bonds. The highest BCUT2D eigenvalue weighted by atomic mass is 31.2. The van der Waals surface area contributed by atoms with Crippen LogP contribution in [0.4, 0.5) is 0 Å². The number of rotatable bonds is 51. The number of esters is 3. The predicted molar refractivity (Wildman–Crippen MR) is 297 cm³/mol. The highest BCUT2D eigenvalue weighted by Crippen LogP contribution is 2.43. The maximum atomic E-state index is 12.9. The highest BCUT2D eigenvalue weighted by molar-refractivity contribution is 7.47. The Morgan fingerprint density at radius 1 is 0.403 bits per heavy atom. The molecular weight excluding hydrogens is 928 g/mol. The fourth-order valence-electron chi connectivity index (χ4n) is 7.23. The molecule has 72 heavy (non-hydrogen) atoms. The van der Waals surface area contributed by atoms with Gasteiger partial charge in [-0.2, -0.15) is 0 Å². The van der Waals surface area contributed by atoms with Gasteiger partial charge in [-0.15, -0.1) is 0 Å². The molecule has 0 radical (unpaired) electrons. The van der Waals surface area contributed by atoms with Crippen molar-refractivity contribution in [3.63, 3.8) is 0 Å². The van der Waals surface area contributed by atoms with Crippen LogP contribution in [-0.4, -0.2) is 66.5 Å². The number of ether oxygens (including phenoxy) is 3. The molecule has 0 saturated heterocycles. The van der Waals surface area contributed by atoms with Crippen molar-refractivity contribution in [2.24, 2.45) is 0 Å². The zero-order valence-electron chi connectivity index (χ0n) is 45.4. The van der Waals surface area contributed by atoms with E-state index in [4.69, 9.17) is 23.3 Å².